The SMILES string of the molecule is NCC(=O)N[C@H](CCC(N)=O)C(=O)O.O=C(O)C(F)(F)F. The third kappa shape index (κ3) is 12.4. The van der Waals surface area contributed by atoms with Crippen molar-refractivity contribution in [3.05, 3.63) is 0 Å². The summed E-state index contributed by atoms with van der Waals surface area (Å²) in [6.07, 6.45) is -5.21. The number of halogens is 3. The van der Waals surface area contributed by atoms with Gasteiger partial charge in [-0.2, -0.15) is 13.2 Å². The van der Waals surface area contributed by atoms with Gasteiger partial charge in [0.15, 0.2) is 0 Å². The van der Waals surface area contributed by atoms with Gasteiger partial charge in [0, 0.05) is 6.42 Å². The molecule has 0 aromatic rings. The summed E-state index contributed by atoms with van der Waals surface area (Å²) >= 11 is 0. The van der Waals surface area contributed by atoms with Gasteiger partial charge in [-0.15, -0.1) is 0 Å². The minimum Gasteiger partial charge on any atom is -0.480 e. The maximum atomic E-state index is 10.8. The van der Waals surface area contributed by atoms with Gasteiger partial charge < -0.3 is 27.0 Å². The molecule has 9 nitrogen and oxygen atoms in total. The Balaban J connectivity index is 0. The molecule has 7 N–H and O–H groups in total. The average Bonchev–Trinajstić information content (AvgIpc) is 2.32. The van der Waals surface area contributed by atoms with Crippen LogP contribution < -0.4 is 16.8 Å². The van der Waals surface area contributed by atoms with Crippen molar-refractivity contribution in [2.75, 3.05) is 6.54 Å². The number of carboxylic acids is 2. The van der Waals surface area contributed by atoms with Crippen LogP contribution in [0.4, 0.5) is 13.2 Å². The van der Waals surface area contributed by atoms with Crippen LogP contribution in [0, 0.1) is 0 Å². The Kier molecular flexibility index (Phi) is 9.49. The first-order valence-corrected chi connectivity index (χ1v) is 5.22. The number of nitrogens with one attached hydrogen (secondary N) is 1. The fourth-order valence-electron chi connectivity index (χ4n) is 0.797. The van der Waals surface area contributed by atoms with Crippen LogP contribution in [-0.2, 0) is 19.2 Å². The summed E-state index contributed by atoms with van der Waals surface area (Å²) in [5.41, 5.74) is 9.81. The summed E-state index contributed by atoms with van der Waals surface area (Å²) in [5.74, 6) is -5.17. The van der Waals surface area contributed by atoms with E-state index >= 15 is 0 Å². The molecule has 0 bridgehead atoms. The van der Waals surface area contributed by atoms with Crippen molar-refractivity contribution in [3.8, 4) is 0 Å². The molecule has 21 heavy (non-hydrogen) atoms. The predicted octanol–water partition coefficient (Wildman–Crippen LogP) is -1.59. The number of amides is 2. The van der Waals surface area contributed by atoms with Gasteiger partial charge in [-0.05, 0) is 6.42 Å². The normalized spacial score (nSPS) is 11.6. The molecular formula is C9H14F3N3O6. The zero-order valence-electron chi connectivity index (χ0n) is 10.5. The average molecular weight is 317 g/mol. The Morgan fingerprint density at radius 2 is 1.57 bits per heavy atom. The highest BCUT2D eigenvalue weighted by Crippen LogP contribution is 2.13. The highest BCUT2D eigenvalue weighted by atomic mass is 19.4. The van der Waals surface area contributed by atoms with Gasteiger partial charge in [0.2, 0.25) is 11.8 Å². The third-order valence-electron chi connectivity index (χ3n) is 1.74. The summed E-state index contributed by atoms with van der Waals surface area (Å²) in [7, 11) is 0. The van der Waals surface area contributed by atoms with Gasteiger partial charge >= 0.3 is 18.1 Å². The maximum Gasteiger partial charge on any atom is 0.490 e. The Morgan fingerprint density at radius 1 is 1.14 bits per heavy atom. The van der Waals surface area contributed by atoms with Gasteiger partial charge in [0.05, 0.1) is 6.54 Å². The number of primary amides is 1. The number of rotatable bonds is 6. The van der Waals surface area contributed by atoms with E-state index in [4.69, 9.17) is 26.5 Å². The molecule has 0 aliphatic rings. The zero-order valence-corrected chi connectivity index (χ0v) is 10.5. The van der Waals surface area contributed by atoms with E-state index in [0.29, 0.717) is 0 Å². The number of carbonyl (C=O) groups excluding carboxylic acids is 2. The molecule has 0 aliphatic heterocycles. The largest absolute Gasteiger partial charge is 0.490 e. The van der Waals surface area contributed by atoms with E-state index in [0.717, 1.165) is 0 Å². The van der Waals surface area contributed by atoms with Crippen LogP contribution in [0.1, 0.15) is 12.8 Å². The van der Waals surface area contributed by atoms with Gasteiger partial charge in [0.1, 0.15) is 6.04 Å². The van der Waals surface area contributed by atoms with Crippen LogP contribution >= 0.6 is 0 Å². The maximum absolute atomic E-state index is 10.8. The second-order valence-electron chi connectivity index (χ2n) is 3.47. The number of alkyl halides is 3. The predicted molar refractivity (Wildman–Crippen MR) is 60.7 cm³/mol. The van der Waals surface area contributed by atoms with Crippen molar-refractivity contribution in [1.29, 1.82) is 0 Å². The molecule has 0 aromatic carbocycles. The van der Waals surface area contributed by atoms with Crippen LogP contribution in [-0.4, -0.2) is 52.7 Å². The number of hydrogen-bond acceptors (Lipinski definition) is 5. The lowest BCUT2D eigenvalue weighted by atomic mass is 10.1. The minimum atomic E-state index is -5.08. The monoisotopic (exact) mass is 317 g/mol. The summed E-state index contributed by atoms with van der Waals surface area (Å²) in [6, 6.07) is -1.11. The van der Waals surface area contributed by atoms with Gasteiger partial charge in [0.25, 0.3) is 0 Å². The molecule has 0 radical (unpaired) electrons. The van der Waals surface area contributed by atoms with E-state index < -0.39 is 36.0 Å². The van der Waals surface area contributed by atoms with Crippen molar-refractivity contribution >= 4 is 23.8 Å². The van der Waals surface area contributed by atoms with Crippen molar-refractivity contribution in [2.24, 2.45) is 11.5 Å². The summed E-state index contributed by atoms with van der Waals surface area (Å²) in [4.78, 5) is 40.6. The van der Waals surface area contributed by atoms with Crippen LogP contribution in [0.25, 0.3) is 0 Å². The van der Waals surface area contributed by atoms with Crippen molar-refractivity contribution in [2.45, 2.75) is 25.1 Å². The molecule has 0 heterocycles. The van der Waals surface area contributed by atoms with Crippen molar-refractivity contribution in [3.63, 3.8) is 0 Å². The molecule has 0 aliphatic carbocycles. The van der Waals surface area contributed by atoms with Gasteiger partial charge in [-0.25, -0.2) is 9.59 Å². The Morgan fingerprint density at radius 3 is 1.81 bits per heavy atom. The smallest absolute Gasteiger partial charge is 0.480 e. The fourth-order valence-corrected chi connectivity index (χ4v) is 0.797. The standard InChI is InChI=1S/C7H13N3O4.C2HF3O2/c8-3-6(12)10-4(7(13)14)1-2-5(9)11;3-2(4,5)1(6)7/h4H,1-3,8H2,(H2,9,11)(H,10,12)(H,13,14);(H,6,7)/t4-;/m1./s1. The lowest BCUT2D eigenvalue weighted by molar-refractivity contribution is -0.192. The number of carbonyl (C=O) groups is 4. The Hall–Kier alpha value is -2.37. The van der Waals surface area contributed by atoms with E-state index in [1.54, 1.807) is 0 Å². The summed E-state index contributed by atoms with van der Waals surface area (Å²) in [6.45, 7) is -0.291. The molecule has 0 fully saturated rings. The van der Waals surface area contributed by atoms with E-state index in [9.17, 15) is 27.6 Å². The molecule has 1 atom stereocenters. The number of carboxylic acid groups (broad SMARTS) is 2. The first-order valence-electron chi connectivity index (χ1n) is 5.22. The Bertz CT molecular complexity index is 399. The first kappa shape index (κ1) is 20.9. The van der Waals surface area contributed by atoms with Crippen LogP contribution in [0.5, 0.6) is 0 Å². The van der Waals surface area contributed by atoms with E-state index in [2.05, 4.69) is 5.32 Å². The molecule has 2 amide bonds. The second kappa shape index (κ2) is 9.52. The number of aliphatic carboxylic acids is 2. The van der Waals surface area contributed by atoms with Crippen molar-refractivity contribution in [1.82, 2.24) is 5.32 Å². The summed E-state index contributed by atoms with van der Waals surface area (Å²) in [5, 5.41) is 17.9. The van der Waals surface area contributed by atoms with Gasteiger partial charge in [-0.1, -0.05) is 0 Å². The molecule has 0 rings (SSSR count). The van der Waals surface area contributed by atoms with Gasteiger partial charge in [-0.3, -0.25) is 9.59 Å². The highest BCUT2D eigenvalue weighted by molar-refractivity contribution is 5.85. The topological polar surface area (TPSA) is 173 Å². The molecule has 0 unspecified atom stereocenters. The molecule has 0 saturated heterocycles. The molecule has 122 valence electrons. The van der Waals surface area contributed by atoms with Crippen LogP contribution in [0.15, 0.2) is 0 Å². The molecule has 0 spiro atoms. The molecule has 0 aromatic heterocycles. The second-order valence-corrected chi connectivity index (χ2v) is 3.47. The zero-order chi connectivity index (χ0) is 17.2. The molecule has 12 heteroatoms. The van der Waals surface area contributed by atoms with Crippen LogP contribution in [0.2, 0.25) is 0 Å². The third-order valence-corrected chi connectivity index (χ3v) is 1.74. The van der Waals surface area contributed by atoms with Crippen molar-refractivity contribution < 1.29 is 42.6 Å². The first-order chi connectivity index (χ1) is 9.41. The lowest BCUT2D eigenvalue weighted by Gasteiger charge is -2.12. The number of nitrogens with two attached hydrogens (primary N) is 2. The highest BCUT2D eigenvalue weighted by Gasteiger charge is 2.38. The number of hydrogen-bond donors (Lipinski definition) is 5. The minimum absolute atomic E-state index is 0.0313. The lowest BCUT2D eigenvalue weighted by Crippen LogP contribution is -2.43. The summed E-state index contributed by atoms with van der Waals surface area (Å²) < 4.78 is 31.7. The molecule has 0 saturated carbocycles. The van der Waals surface area contributed by atoms with E-state index in [-0.39, 0.29) is 19.4 Å². The fraction of sp³-hybridized carbons (Fsp3) is 0.556. The van der Waals surface area contributed by atoms with E-state index in [1.807, 2.05) is 0 Å². The quantitative estimate of drug-likeness (QED) is 0.392. The van der Waals surface area contributed by atoms with E-state index in [1.165, 1.54) is 0 Å². The Labute approximate surface area is 116 Å². The van der Waals surface area contributed by atoms with Crippen LogP contribution in [0.3, 0.4) is 0 Å². The molecular weight excluding hydrogens is 303 g/mol.